The van der Waals surface area contributed by atoms with Crippen molar-refractivity contribution in [1.29, 1.82) is 0 Å². The van der Waals surface area contributed by atoms with E-state index in [9.17, 15) is 0 Å². The van der Waals surface area contributed by atoms with Gasteiger partial charge in [0.2, 0.25) is 0 Å². The van der Waals surface area contributed by atoms with Gasteiger partial charge in [0.25, 0.3) is 0 Å². The number of halogens is 1. The molecule has 0 aromatic carbocycles. The van der Waals surface area contributed by atoms with E-state index in [0.717, 1.165) is 12.5 Å². The van der Waals surface area contributed by atoms with Gasteiger partial charge in [-0.15, -0.1) is 0 Å². The molecule has 2 heterocycles. The summed E-state index contributed by atoms with van der Waals surface area (Å²) >= 11 is 0. The molecular formula is C17H29BrN2. The van der Waals surface area contributed by atoms with Crippen molar-refractivity contribution in [1.82, 2.24) is 0 Å². The van der Waals surface area contributed by atoms with Crippen LogP contribution in [-0.2, 0) is 6.54 Å². The van der Waals surface area contributed by atoms with Crippen LogP contribution in [0.3, 0.4) is 0 Å². The second-order valence-electron chi connectivity index (χ2n) is 6.02. The summed E-state index contributed by atoms with van der Waals surface area (Å²) in [4.78, 5) is 2.53. The lowest BCUT2D eigenvalue weighted by molar-refractivity contribution is -0.697. The van der Waals surface area contributed by atoms with Crippen LogP contribution in [0.2, 0.25) is 0 Å². The first-order valence-corrected chi connectivity index (χ1v) is 8.03. The summed E-state index contributed by atoms with van der Waals surface area (Å²) in [5.74, 6) is 0.906. The van der Waals surface area contributed by atoms with Gasteiger partial charge in [-0.1, -0.05) is 26.7 Å². The number of nitrogens with zero attached hydrogens (tertiary/aromatic N) is 2. The minimum Gasteiger partial charge on any atom is -1.00 e. The van der Waals surface area contributed by atoms with Crippen LogP contribution in [0.15, 0.2) is 24.5 Å². The van der Waals surface area contributed by atoms with E-state index < -0.39 is 0 Å². The fourth-order valence-corrected chi connectivity index (χ4v) is 2.80. The highest BCUT2D eigenvalue weighted by Crippen LogP contribution is 2.21. The Morgan fingerprint density at radius 2 is 1.75 bits per heavy atom. The van der Waals surface area contributed by atoms with Gasteiger partial charge in [-0.05, 0) is 25.2 Å². The average Bonchev–Trinajstić information content (AvgIpc) is 2.45. The molecule has 1 aliphatic rings. The van der Waals surface area contributed by atoms with E-state index in [1.54, 1.807) is 0 Å². The van der Waals surface area contributed by atoms with E-state index in [4.69, 9.17) is 0 Å². The molecule has 1 aliphatic heterocycles. The molecule has 0 amide bonds. The topological polar surface area (TPSA) is 7.12 Å². The van der Waals surface area contributed by atoms with Crippen molar-refractivity contribution in [3.8, 4) is 0 Å². The summed E-state index contributed by atoms with van der Waals surface area (Å²) in [6.45, 7) is 8.24. The van der Waals surface area contributed by atoms with E-state index in [1.807, 2.05) is 0 Å². The molecule has 1 saturated heterocycles. The molecule has 0 atom stereocenters. The van der Waals surface area contributed by atoms with Crippen molar-refractivity contribution in [2.24, 2.45) is 5.92 Å². The molecule has 2 rings (SSSR count). The van der Waals surface area contributed by atoms with Crippen molar-refractivity contribution in [2.45, 2.75) is 58.9 Å². The molecule has 1 fully saturated rings. The molecule has 0 unspecified atom stereocenters. The van der Waals surface area contributed by atoms with Gasteiger partial charge < -0.3 is 21.9 Å². The highest BCUT2D eigenvalue weighted by atomic mass is 79.9. The molecule has 2 nitrogen and oxygen atoms in total. The zero-order valence-electron chi connectivity index (χ0n) is 13.0. The Morgan fingerprint density at radius 1 is 1.10 bits per heavy atom. The van der Waals surface area contributed by atoms with Crippen LogP contribution in [0, 0.1) is 5.92 Å². The minimum absolute atomic E-state index is 0. The average molecular weight is 341 g/mol. The predicted molar refractivity (Wildman–Crippen MR) is 81.4 cm³/mol. The molecule has 0 saturated carbocycles. The van der Waals surface area contributed by atoms with Crippen molar-refractivity contribution in [3.63, 3.8) is 0 Å². The smallest absolute Gasteiger partial charge is 0.170 e. The van der Waals surface area contributed by atoms with Gasteiger partial charge in [0.15, 0.2) is 12.4 Å². The van der Waals surface area contributed by atoms with Crippen LogP contribution in [0.1, 0.15) is 52.4 Å². The fraction of sp³-hybridized carbons (Fsp3) is 0.706. The van der Waals surface area contributed by atoms with Crippen molar-refractivity contribution in [3.05, 3.63) is 24.5 Å². The molecule has 114 valence electrons. The van der Waals surface area contributed by atoms with Gasteiger partial charge >= 0.3 is 0 Å². The van der Waals surface area contributed by atoms with E-state index in [-0.39, 0.29) is 17.0 Å². The number of hydrogen-bond acceptors (Lipinski definition) is 1. The van der Waals surface area contributed by atoms with E-state index in [0.29, 0.717) is 0 Å². The number of anilines is 1. The van der Waals surface area contributed by atoms with Crippen molar-refractivity contribution < 1.29 is 21.5 Å². The number of pyridine rings is 1. The maximum atomic E-state index is 2.53. The molecular weight excluding hydrogens is 312 g/mol. The Kier molecular flexibility index (Phi) is 8.20. The number of aromatic nitrogens is 1. The minimum atomic E-state index is 0. The first-order valence-electron chi connectivity index (χ1n) is 8.03. The molecule has 0 aliphatic carbocycles. The quantitative estimate of drug-likeness (QED) is 0.548. The lowest BCUT2D eigenvalue weighted by Gasteiger charge is -2.31. The van der Waals surface area contributed by atoms with Crippen LogP contribution < -0.4 is 26.4 Å². The number of unbranched alkanes of at least 4 members (excludes halogenated alkanes) is 3. The van der Waals surface area contributed by atoms with E-state index in [1.165, 1.54) is 57.3 Å². The number of aryl methyl sites for hydroxylation is 1. The predicted octanol–water partition coefficient (Wildman–Crippen LogP) is 0.795. The van der Waals surface area contributed by atoms with Gasteiger partial charge in [0.1, 0.15) is 6.54 Å². The summed E-state index contributed by atoms with van der Waals surface area (Å²) in [7, 11) is 0. The molecule has 1 aromatic heterocycles. The highest BCUT2D eigenvalue weighted by Gasteiger charge is 2.16. The van der Waals surface area contributed by atoms with Crippen LogP contribution in [-0.4, -0.2) is 13.1 Å². The van der Waals surface area contributed by atoms with Gasteiger partial charge in [0, 0.05) is 37.3 Å². The second-order valence-corrected chi connectivity index (χ2v) is 6.02. The van der Waals surface area contributed by atoms with E-state index in [2.05, 4.69) is 47.8 Å². The summed E-state index contributed by atoms with van der Waals surface area (Å²) in [5.41, 5.74) is 1.40. The van der Waals surface area contributed by atoms with Crippen LogP contribution >= 0.6 is 0 Å². The summed E-state index contributed by atoms with van der Waals surface area (Å²) in [5, 5.41) is 0. The molecule has 0 bridgehead atoms. The summed E-state index contributed by atoms with van der Waals surface area (Å²) < 4.78 is 2.33. The Morgan fingerprint density at radius 3 is 2.35 bits per heavy atom. The summed E-state index contributed by atoms with van der Waals surface area (Å²) in [6, 6.07) is 4.58. The maximum absolute atomic E-state index is 2.53. The van der Waals surface area contributed by atoms with E-state index >= 15 is 0 Å². The Labute approximate surface area is 135 Å². The monoisotopic (exact) mass is 340 g/mol. The van der Waals surface area contributed by atoms with Gasteiger partial charge in [-0.3, -0.25) is 0 Å². The Hall–Kier alpha value is -0.570. The van der Waals surface area contributed by atoms with Gasteiger partial charge in [-0.25, -0.2) is 4.57 Å². The van der Waals surface area contributed by atoms with Gasteiger partial charge in [-0.2, -0.15) is 0 Å². The molecule has 0 spiro atoms. The van der Waals surface area contributed by atoms with Crippen LogP contribution in [0.25, 0.3) is 0 Å². The van der Waals surface area contributed by atoms with Crippen LogP contribution in [0.5, 0.6) is 0 Å². The van der Waals surface area contributed by atoms with Crippen molar-refractivity contribution >= 4 is 5.69 Å². The standard InChI is InChI=1S/C17H29N2.BrH/c1-3-4-5-6-11-18-12-9-17(10-13-18)19-14-7-16(2)8-15-19;/h9-10,12-13,16H,3-8,11,14-15H2,1-2H3;1H/q+1;/p-1. The van der Waals surface area contributed by atoms with Crippen LogP contribution in [0.4, 0.5) is 5.69 Å². The second kappa shape index (κ2) is 9.38. The summed E-state index contributed by atoms with van der Waals surface area (Å²) in [6.07, 6.45) is 12.5. The normalized spacial score (nSPS) is 16.0. The highest BCUT2D eigenvalue weighted by molar-refractivity contribution is 5.43. The molecule has 3 heteroatoms. The third-order valence-corrected chi connectivity index (χ3v) is 4.29. The maximum Gasteiger partial charge on any atom is 0.170 e. The number of piperidine rings is 1. The molecule has 0 radical (unpaired) electrons. The molecule has 1 aromatic rings. The number of rotatable bonds is 6. The molecule has 0 N–H and O–H groups in total. The third kappa shape index (κ3) is 5.43. The first kappa shape index (κ1) is 17.5. The lowest BCUT2D eigenvalue weighted by atomic mass is 9.99. The first-order chi connectivity index (χ1) is 9.29. The zero-order chi connectivity index (χ0) is 13.5. The molecule has 20 heavy (non-hydrogen) atoms. The fourth-order valence-electron chi connectivity index (χ4n) is 2.80. The van der Waals surface area contributed by atoms with Crippen molar-refractivity contribution in [2.75, 3.05) is 18.0 Å². The zero-order valence-corrected chi connectivity index (χ0v) is 14.6. The third-order valence-electron chi connectivity index (χ3n) is 4.29. The Balaban J connectivity index is 0.00000200. The SMILES string of the molecule is CCCCCC[n+]1ccc(N2CCC(C)CC2)cc1.[Br-]. The van der Waals surface area contributed by atoms with Gasteiger partial charge in [0.05, 0.1) is 0 Å². The number of hydrogen-bond donors (Lipinski definition) is 0. The Bertz CT molecular complexity index is 356. The lowest BCUT2D eigenvalue weighted by Crippen LogP contribution is -3.00. The largest absolute Gasteiger partial charge is 1.00 e.